The Morgan fingerprint density at radius 2 is 2.21 bits per heavy atom. The molecule has 0 fully saturated rings. The van der Waals surface area contributed by atoms with E-state index in [4.69, 9.17) is 5.11 Å². The first-order valence-corrected chi connectivity index (χ1v) is 6.69. The van der Waals surface area contributed by atoms with Crippen LogP contribution in [0.15, 0.2) is 22.8 Å². The number of anilines is 1. The fourth-order valence-electron chi connectivity index (χ4n) is 1.45. The minimum absolute atomic E-state index is 0.0608. The van der Waals surface area contributed by atoms with Crippen molar-refractivity contribution >= 4 is 33.6 Å². The van der Waals surface area contributed by atoms with Crippen LogP contribution in [0.5, 0.6) is 0 Å². The molecule has 1 aromatic heterocycles. The highest BCUT2D eigenvalue weighted by Crippen LogP contribution is 2.10. The summed E-state index contributed by atoms with van der Waals surface area (Å²) in [6.45, 7) is 1.83. The van der Waals surface area contributed by atoms with Gasteiger partial charge in [0.25, 0.3) is 0 Å². The molecule has 1 unspecified atom stereocenters. The molecule has 3 N–H and O–H groups in total. The summed E-state index contributed by atoms with van der Waals surface area (Å²) >= 11 is 3.24. The van der Waals surface area contributed by atoms with Gasteiger partial charge in [0.2, 0.25) is 5.91 Å². The third-order valence-corrected chi connectivity index (χ3v) is 2.85. The van der Waals surface area contributed by atoms with Gasteiger partial charge in [-0.05, 0) is 34.5 Å². The van der Waals surface area contributed by atoms with Gasteiger partial charge in [-0.3, -0.25) is 14.9 Å². The van der Waals surface area contributed by atoms with Crippen LogP contribution >= 0.6 is 15.9 Å². The normalized spacial score (nSPS) is 11.9. The number of aliphatic carboxylic acids is 1. The van der Waals surface area contributed by atoms with Gasteiger partial charge in [0.1, 0.15) is 11.9 Å². The number of amides is 1. The van der Waals surface area contributed by atoms with Crippen molar-refractivity contribution in [2.24, 2.45) is 0 Å². The maximum atomic E-state index is 11.6. The molecule has 7 heteroatoms. The molecule has 1 heterocycles. The minimum Gasteiger partial charge on any atom is -0.480 e. The Labute approximate surface area is 119 Å². The molecule has 1 rings (SSSR count). The van der Waals surface area contributed by atoms with Crippen LogP contribution in [0.2, 0.25) is 0 Å². The first-order chi connectivity index (χ1) is 9.02. The van der Waals surface area contributed by atoms with Crippen molar-refractivity contribution in [2.45, 2.75) is 25.8 Å². The van der Waals surface area contributed by atoms with Crippen molar-refractivity contribution in [3.63, 3.8) is 0 Å². The van der Waals surface area contributed by atoms with E-state index in [-0.39, 0.29) is 12.5 Å². The van der Waals surface area contributed by atoms with E-state index in [0.717, 1.165) is 10.9 Å². The molecule has 0 bridgehead atoms. The predicted molar refractivity (Wildman–Crippen MR) is 74.9 cm³/mol. The van der Waals surface area contributed by atoms with Crippen molar-refractivity contribution < 1.29 is 14.7 Å². The molecule has 19 heavy (non-hydrogen) atoms. The zero-order valence-corrected chi connectivity index (χ0v) is 12.1. The van der Waals surface area contributed by atoms with E-state index in [1.165, 1.54) is 0 Å². The first kappa shape index (κ1) is 15.6. The average Bonchev–Trinajstić information content (AvgIpc) is 2.37. The van der Waals surface area contributed by atoms with Crippen molar-refractivity contribution in [3.8, 4) is 0 Å². The smallest absolute Gasteiger partial charge is 0.320 e. The Bertz CT molecular complexity index is 436. The lowest BCUT2D eigenvalue weighted by Gasteiger charge is -2.13. The van der Waals surface area contributed by atoms with Crippen LogP contribution in [-0.2, 0) is 9.59 Å². The number of nitrogens with one attached hydrogen (secondary N) is 2. The van der Waals surface area contributed by atoms with Crippen LogP contribution in [-0.4, -0.2) is 34.6 Å². The standard InChI is InChI=1S/C12H16BrN3O3/c1-2-3-9(12(18)19)14-7-11(17)16-10-5-4-8(13)6-15-10/h4-6,9,14H,2-3,7H2,1H3,(H,18,19)(H,15,16,17). The topological polar surface area (TPSA) is 91.3 Å². The number of pyridine rings is 1. The quantitative estimate of drug-likeness (QED) is 0.707. The molecule has 0 radical (unpaired) electrons. The number of hydrogen-bond acceptors (Lipinski definition) is 4. The molecular formula is C12H16BrN3O3. The monoisotopic (exact) mass is 329 g/mol. The summed E-state index contributed by atoms with van der Waals surface area (Å²) in [5, 5.41) is 14.2. The van der Waals surface area contributed by atoms with Crippen LogP contribution in [0.3, 0.4) is 0 Å². The number of hydrogen-bond donors (Lipinski definition) is 3. The Balaban J connectivity index is 2.42. The highest BCUT2D eigenvalue weighted by molar-refractivity contribution is 9.10. The van der Waals surface area contributed by atoms with Gasteiger partial charge in [-0.1, -0.05) is 13.3 Å². The van der Waals surface area contributed by atoms with E-state index < -0.39 is 12.0 Å². The lowest BCUT2D eigenvalue weighted by molar-refractivity contribution is -0.139. The van der Waals surface area contributed by atoms with Crippen LogP contribution in [0.4, 0.5) is 5.82 Å². The van der Waals surface area contributed by atoms with E-state index in [1.54, 1.807) is 18.3 Å². The van der Waals surface area contributed by atoms with Crippen LogP contribution < -0.4 is 10.6 Å². The zero-order chi connectivity index (χ0) is 14.3. The first-order valence-electron chi connectivity index (χ1n) is 5.90. The molecule has 104 valence electrons. The number of aromatic nitrogens is 1. The molecule has 1 aromatic rings. The van der Waals surface area contributed by atoms with Gasteiger partial charge in [-0.2, -0.15) is 0 Å². The van der Waals surface area contributed by atoms with Gasteiger partial charge in [0, 0.05) is 10.7 Å². The van der Waals surface area contributed by atoms with Crippen molar-refractivity contribution in [2.75, 3.05) is 11.9 Å². The summed E-state index contributed by atoms with van der Waals surface area (Å²) in [5.74, 6) is -0.842. The number of carbonyl (C=O) groups excluding carboxylic acids is 1. The van der Waals surface area contributed by atoms with E-state index in [2.05, 4.69) is 31.5 Å². The highest BCUT2D eigenvalue weighted by atomic mass is 79.9. The van der Waals surface area contributed by atoms with Gasteiger partial charge >= 0.3 is 5.97 Å². The number of carbonyl (C=O) groups is 2. The van der Waals surface area contributed by atoms with Gasteiger partial charge in [0.05, 0.1) is 6.54 Å². The second-order valence-electron chi connectivity index (χ2n) is 3.97. The Morgan fingerprint density at radius 1 is 1.47 bits per heavy atom. The molecule has 0 spiro atoms. The van der Waals surface area contributed by atoms with Crippen molar-refractivity contribution in [1.29, 1.82) is 0 Å². The van der Waals surface area contributed by atoms with Crippen molar-refractivity contribution in [1.82, 2.24) is 10.3 Å². The third-order valence-electron chi connectivity index (χ3n) is 2.38. The van der Waals surface area contributed by atoms with E-state index in [9.17, 15) is 9.59 Å². The zero-order valence-electron chi connectivity index (χ0n) is 10.5. The van der Waals surface area contributed by atoms with E-state index in [1.807, 2.05) is 6.92 Å². The lowest BCUT2D eigenvalue weighted by atomic mass is 10.2. The maximum absolute atomic E-state index is 11.6. The van der Waals surface area contributed by atoms with E-state index in [0.29, 0.717) is 12.2 Å². The molecule has 0 aliphatic heterocycles. The van der Waals surface area contributed by atoms with Gasteiger partial charge in [0.15, 0.2) is 0 Å². The average molecular weight is 330 g/mol. The summed E-state index contributed by atoms with van der Waals surface area (Å²) in [4.78, 5) is 26.5. The molecule has 1 amide bonds. The van der Waals surface area contributed by atoms with Crippen LogP contribution in [0, 0.1) is 0 Å². The Morgan fingerprint density at radius 3 is 2.74 bits per heavy atom. The molecule has 0 aromatic carbocycles. The molecule has 0 aliphatic rings. The molecular weight excluding hydrogens is 314 g/mol. The number of halogens is 1. The predicted octanol–water partition coefficient (Wildman–Crippen LogP) is 1.63. The van der Waals surface area contributed by atoms with Gasteiger partial charge in [-0.15, -0.1) is 0 Å². The van der Waals surface area contributed by atoms with Crippen molar-refractivity contribution in [3.05, 3.63) is 22.8 Å². The Kier molecular flexibility index (Phi) is 6.44. The lowest BCUT2D eigenvalue weighted by Crippen LogP contribution is -2.41. The summed E-state index contributed by atoms with van der Waals surface area (Å²) in [7, 11) is 0. The maximum Gasteiger partial charge on any atom is 0.320 e. The number of nitrogens with zero attached hydrogens (tertiary/aromatic N) is 1. The molecule has 6 nitrogen and oxygen atoms in total. The summed E-state index contributed by atoms with van der Waals surface area (Å²) < 4.78 is 0.817. The second-order valence-corrected chi connectivity index (χ2v) is 4.89. The number of carboxylic acid groups (broad SMARTS) is 1. The second kappa shape index (κ2) is 7.85. The van der Waals surface area contributed by atoms with Crippen LogP contribution in [0.1, 0.15) is 19.8 Å². The summed E-state index contributed by atoms with van der Waals surface area (Å²) in [6, 6.07) is 2.71. The fourth-order valence-corrected chi connectivity index (χ4v) is 1.69. The number of rotatable bonds is 7. The molecule has 0 aliphatic carbocycles. The fraction of sp³-hybridized carbons (Fsp3) is 0.417. The number of carboxylic acids is 1. The van der Waals surface area contributed by atoms with Gasteiger partial charge < -0.3 is 10.4 Å². The van der Waals surface area contributed by atoms with Gasteiger partial charge in [-0.25, -0.2) is 4.98 Å². The summed E-state index contributed by atoms with van der Waals surface area (Å²) in [5.41, 5.74) is 0. The molecule has 1 atom stereocenters. The van der Waals surface area contributed by atoms with E-state index >= 15 is 0 Å². The Hall–Kier alpha value is -1.47. The largest absolute Gasteiger partial charge is 0.480 e. The van der Waals surface area contributed by atoms with Crippen LogP contribution in [0.25, 0.3) is 0 Å². The SMILES string of the molecule is CCCC(NCC(=O)Nc1ccc(Br)cn1)C(=O)O. The minimum atomic E-state index is -0.948. The molecule has 0 saturated carbocycles. The molecule has 0 saturated heterocycles. The third kappa shape index (κ3) is 5.80. The highest BCUT2D eigenvalue weighted by Gasteiger charge is 2.16. The summed E-state index contributed by atoms with van der Waals surface area (Å²) in [6.07, 6.45) is 2.79.